The zero-order valence-electron chi connectivity index (χ0n) is 15.1. The molecule has 8 nitrogen and oxygen atoms in total. The maximum Gasteiger partial charge on any atom is 0.269 e. The number of nitriles is 1. The first-order valence-electron chi connectivity index (χ1n) is 8.17. The Morgan fingerprint density at radius 3 is 2.52 bits per heavy atom. The number of Topliss-reactive ketones (excluding diaryl/α,β-unsaturated/α-hetero) is 1. The van der Waals surface area contributed by atoms with E-state index in [0.717, 1.165) is 0 Å². The number of hydrogen-bond donors (Lipinski definition) is 1. The second-order valence-electron chi connectivity index (χ2n) is 6.20. The molecule has 0 aliphatic carbocycles. The third-order valence-corrected chi connectivity index (χ3v) is 4.28. The smallest absolute Gasteiger partial charge is 0.269 e. The Balaban J connectivity index is 1.91. The number of benzene rings is 1. The zero-order chi connectivity index (χ0) is 19.7. The molecule has 2 aromatic rings. The molecule has 0 spiro atoms. The molecule has 2 heterocycles. The zero-order valence-corrected chi connectivity index (χ0v) is 15.1. The number of ketones is 1. The number of nitrogens with zero attached hydrogens (tertiary/aromatic N) is 2. The Kier molecular flexibility index (Phi) is 4.69. The highest BCUT2D eigenvalue weighted by Gasteiger charge is 2.21. The highest BCUT2D eigenvalue weighted by atomic mass is 16.7. The van der Waals surface area contributed by atoms with Gasteiger partial charge in [0.15, 0.2) is 17.3 Å². The van der Waals surface area contributed by atoms with Gasteiger partial charge in [0, 0.05) is 17.3 Å². The molecule has 0 radical (unpaired) electrons. The molecular formula is C19H17N3O5. The van der Waals surface area contributed by atoms with Gasteiger partial charge in [-0.05, 0) is 38.5 Å². The molecule has 138 valence electrons. The molecule has 0 saturated heterocycles. The number of rotatable bonds is 4. The van der Waals surface area contributed by atoms with Crippen LogP contribution in [0.25, 0.3) is 0 Å². The van der Waals surface area contributed by atoms with Gasteiger partial charge in [-0.25, -0.2) is 0 Å². The Labute approximate surface area is 154 Å². The molecular weight excluding hydrogens is 350 g/mol. The summed E-state index contributed by atoms with van der Waals surface area (Å²) in [6.45, 7) is 4.49. The van der Waals surface area contributed by atoms with E-state index in [9.17, 15) is 14.4 Å². The van der Waals surface area contributed by atoms with Crippen LogP contribution in [0.4, 0.5) is 5.69 Å². The number of aryl methyl sites for hydroxylation is 2. The Morgan fingerprint density at radius 2 is 1.89 bits per heavy atom. The number of carbonyl (C=O) groups excluding carboxylic acids is 2. The van der Waals surface area contributed by atoms with Crippen molar-refractivity contribution in [2.75, 3.05) is 12.1 Å². The second-order valence-corrected chi connectivity index (χ2v) is 6.20. The van der Waals surface area contributed by atoms with Gasteiger partial charge in [-0.3, -0.25) is 14.4 Å². The SMILES string of the molecule is CC(=O)c1cc2c(cc1NC(=O)Cn1c(C)cc(C)c(C#N)c1=O)OCO2. The van der Waals surface area contributed by atoms with Gasteiger partial charge in [0.1, 0.15) is 18.2 Å². The number of nitrogens with one attached hydrogen (secondary N) is 1. The van der Waals surface area contributed by atoms with Crippen molar-refractivity contribution in [1.82, 2.24) is 4.57 Å². The maximum atomic E-state index is 12.5. The topological polar surface area (TPSA) is 110 Å². The van der Waals surface area contributed by atoms with Crippen LogP contribution < -0.4 is 20.3 Å². The molecule has 3 rings (SSSR count). The van der Waals surface area contributed by atoms with Crippen LogP contribution in [0, 0.1) is 25.2 Å². The van der Waals surface area contributed by atoms with Gasteiger partial charge < -0.3 is 19.4 Å². The summed E-state index contributed by atoms with van der Waals surface area (Å²) in [7, 11) is 0. The van der Waals surface area contributed by atoms with Gasteiger partial charge in [-0.1, -0.05) is 0 Å². The number of pyridine rings is 1. The molecule has 0 saturated carbocycles. The van der Waals surface area contributed by atoms with Crippen LogP contribution in [-0.4, -0.2) is 23.1 Å². The van der Waals surface area contributed by atoms with E-state index in [4.69, 9.17) is 14.7 Å². The lowest BCUT2D eigenvalue weighted by Crippen LogP contribution is -2.31. The van der Waals surface area contributed by atoms with Crippen LogP contribution in [0.3, 0.4) is 0 Å². The van der Waals surface area contributed by atoms with Gasteiger partial charge in [-0.15, -0.1) is 0 Å². The van der Waals surface area contributed by atoms with E-state index < -0.39 is 11.5 Å². The number of carbonyl (C=O) groups is 2. The van der Waals surface area contributed by atoms with Gasteiger partial charge in [0.25, 0.3) is 5.56 Å². The number of ether oxygens (including phenoxy) is 2. The van der Waals surface area contributed by atoms with E-state index >= 15 is 0 Å². The number of aromatic nitrogens is 1. The lowest BCUT2D eigenvalue weighted by molar-refractivity contribution is -0.116. The van der Waals surface area contributed by atoms with Gasteiger partial charge in [-0.2, -0.15) is 5.26 Å². The van der Waals surface area contributed by atoms with E-state index in [1.807, 2.05) is 6.07 Å². The highest BCUT2D eigenvalue weighted by Crippen LogP contribution is 2.37. The van der Waals surface area contributed by atoms with Gasteiger partial charge in [0.05, 0.1) is 5.69 Å². The molecule has 1 aliphatic heterocycles. The van der Waals surface area contributed by atoms with Crippen molar-refractivity contribution in [3.8, 4) is 17.6 Å². The summed E-state index contributed by atoms with van der Waals surface area (Å²) in [6, 6.07) is 6.57. The molecule has 1 aromatic carbocycles. The molecule has 1 aromatic heterocycles. The second kappa shape index (κ2) is 6.96. The molecule has 1 amide bonds. The molecule has 0 atom stereocenters. The van der Waals surface area contributed by atoms with Crippen molar-refractivity contribution >= 4 is 17.4 Å². The number of fused-ring (bicyclic) bond motifs is 1. The minimum Gasteiger partial charge on any atom is -0.454 e. The number of amides is 1. The Morgan fingerprint density at radius 1 is 1.22 bits per heavy atom. The normalized spacial score (nSPS) is 11.8. The monoisotopic (exact) mass is 367 g/mol. The first-order valence-corrected chi connectivity index (χ1v) is 8.17. The van der Waals surface area contributed by atoms with E-state index in [0.29, 0.717) is 22.8 Å². The number of hydrogen-bond acceptors (Lipinski definition) is 6. The van der Waals surface area contributed by atoms with Crippen LogP contribution in [0.1, 0.15) is 34.1 Å². The third-order valence-electron chi connectivity index (χ3n) is 4.28. The fourth-order valence-electron chi connectivity index (χ4n) is 2.93. The fourth-order valence-corrected chi connectivity index (χ4v) is 2.93. The first-order chi connectivity index (χ1) is 12.8. The minimum absolute atomic E-state index is 0.000838. The summed E-state index contributed by atoms with van der Waals surface area (Å²) >= 11 is 0. The summed E-state index contributed by atoms with van der Waals surface area (Å²) in [5, 5.41) is 11.8. The van der Waals surface area contributed by atoms with Crippen LogP contribution in [0.2, 0.25) is 0 Å². The summed E-state index contributed by atoms with van der Waals surface area (Å²) < 4.78 is 11.8. The maximum absolute atomic E-state index is 12.5. The molecule has 8 heteroatoms. The summed E-state index contributed by atoms with van der Waals surface area (Å²) in [5.41, 5.74) is 1.15. The van der Waals surface area contributed by atoms with Crippen LogP contribution in [0.5, 0.6) is 11.5 Å². The van der Waals surface area contributed by atoms with Crippen molar-refractivity contribution < 1.29 is 19.1 Å². The van der Waals surface area contributed by atoms with Crippen LogP contribution in [-0.2, 0) is 11.3 Å². The van der Waals surface area contributed by atoms with E-state index in [2.05, 4.69) is 5.32 Å². The van der Waals surface area contributed by atoms with E-state index in [-0.39, 0.29) is 35.9 Å². The Hall–Kier alpha value is -3.60. The van der Waals surface area contributed by atoms with Crippen LogP contribution >= 0.6 is 0 Å². The van der Waals surface area contributed by atoms with Crippen LogP contribution in [0.15, 0.2) is 23.0 Å². The van der Waals surface area contributed by atoms with Crippen molar-refractivity contribution in [2.45, 2.75) is 27.3 Å². The predicted molar refractivity (Wildman–Crippen MR) is 96.1 cm³/mol. The minimum atomic E-state index is -0.525. The first kappa shape index (κ1) is 18.2. The number of anilines is 1. The summed E-state index contributed by atoms with van der Waals surface area (Å²) in [4.78, 5) is 36.8. The summed E-state index contributed by atoms with van der Waals surface area (Å²) in [6.07, 6.45) is 0. The average Bonchev–Trinajstić information content (AvgIpc) is 3.05. The van der Waals surface area contributed by atoms with Crippen molar-refractivity contribution in [3.63, 3.8) is 0 Å². The molecule has 27 heavy (non-hydrogen) atoms. The van der Waals surface area contributed by atoms with E-state index in [1.54, 1.807) is 19.9 Å². The van der Waals surface area contributed by atoms with Crippen molar-refractivity contribution in [1.29, 1.82) is 5.26 Å². The molecule has 1 aliphatic rings. The quantitative estimate of drug-likeness (QED) is 0.827. The van der Waals surface area contributed by atoms with Gasteiger partial charge >= 0.3 is 0 Å². The molecule has 0 unspecified atom stereocenters. The van der Waals surface area contributed by atoms with E-state index in [1.165, 1.54) is 23.6 Å². The average molecular weight is 367 g/mol. The largest absolute Gasteiger partial charge is 0.454 e. The molecule has 0 bridgehead atoms. The predicted octanol–water partition coefficient (Wildman–Crippen LogP) is 1.91. The lowest BCUT2D eigenvalue weighted by atomic mass is 10.1. The van der Waals surface area contributed by atoms with Crippen molar-refractivity contribution in [2.24, 2.45) is 0 Å². The lowest BCUT2D eigenvalue weighted by Gasteiger charge is -2.14. The molecule has 0 fully saturated rings. The fraction of sp³-hybridized carbons (Fsp3) is 0.263. The van der Waals surface area contributed by atoms with Gasteiger partial charge in [0.2, 0.25) is 12.7 Å². The Bertz CT molecular complexity index is 1060. The third kappa shape index (κ3) is 3.40. The highest BCUT2D eigenvalue weighted by molar-refractivity contribution is 6.04. The summed E-state index contributed by atoms with van der Waals surface area (Å²) in [5.74, 6) is 0.0987. The molecule has 1 N–H and O–H groups in total. The van der Waals surface area contributed by atoms with Crippen molar-refractivity contribution in [3.05, 3.63) is 50.9 Å². The standard InChI is InChI=1S/C19H17N3O5/c1-10-4-11(2)22(19(25)14(10)7-20)8-18(24)21-15-6-17-16(26-9-27-17)5-13(15)12(3)23/h4-6H,8-9H2,1-3H3,(H,21,24).